The molecule has 2 heterocycles. The largest absolute Gasteiger partial charge is 0.464 e. The molecule has 1 aliphatic carbocycles. The van der Waals surface area contributed by atoms with Gasteiger partial charge in [-0.1, -0.05) is 53.7 Å². The van der Waals surface area contributed by atoms with Gasteiger partial charge in [0.15, 0.2) is 22.4 Å². The van der Waals surface area contributed by atoms with Crippen LogP contribution < -0.4 is 22.1 Å². The van der Waals surface area contributed by atoms with Crippen LogP contribution in [0.25, 0.3) is 0 Å². The van der Waals surface area contributed by atoms with Gasteiger partial charge in [0.1, 0.15) is 0 Å². The van der Waals surface area contributed by atoms with E-state index in [1.807, 2.05) is 31.2 Å². The topological polar surface area (TPSA) is 171 Å². The number of aromatic nitrogens is 4. The Morgan fingerprint density at radius 2 is 1.68 bits per heavy atom. The first kappa shape index (κ1) is 28.0. The lowest BCUT2D eigenvalue weighted by molar-refractivity contribution is 0.0592. The number of carbonyl (C=O) groups is 2. The fourth-order valence-corrected chi connectivity index (χ4v) is 4.06. The van der Waals surface area contributed by atoms with Crippen LogP contribution in [0.5, 0.6) is 0 Å². The molecular formula is C24H28Cl2N8O3. The molecule has 37 heavy (non-hydrogen) atoms. The Balaban J connectivity index is 0.000000266. The maximum atomic E-state index is 11.7. The Morgan fingerprint density at radius 1 is 1.00 bits per heavy atom. The van der Waals surface area contributed by atoms with E-state index in [4.69, 9.17) is 34.7 Å². The molecular weight excluding hydrogens is 519 g/mol. The standard InChI is InChI=1S/C18H24N6O.C6H4Cl2N2O2/c1-11-6-8-12(9-7-11)21-15-10-16(23-24-17(15)18(20)25)22-14-5-3-2-4-13(14)19;1-12-6(11)5-3(7)2-4(8)9-10-5/h6-10,13-14H,2-5,19H2,1H3,(H2,20,25)(H2,21,22,23);2H,1H3/t13-,14+;/m0./s1. The van der Waals surface area contributed by atoms with E-state index in [-0.39, 0.29) is 33.6 Å². The first-order valence-corrected chi connectivity index (χ1v) is 12.2. The van der Waals surface area contributed by atoms with E-state index in [1.165, 1.54) is 13.2 Å². The summed E-state index contributed by atoms with van der Waals surface area (Å²) >= 11 is 11.1. The predicted molar refractivity (Wildman–Crippen MR) is 142 cm³/mol. The second kappa shape index (κ2) is 13.1. The Kier molecular flexibility index (Phi) is 9.95. The summed E-state index contributed by atoms with van der Waals surface area (Å²) in [5, 5.41) is 21.8. The summed E-state index contributed by atoms with van der Waals surface area (Å²) in [5.41, 5.74) is 14.2. The molecule has 3 aromatic rings. The van der Waals surface area contributed by atoms with Crippen molar-refractivity contribution in [3.63, 3.8) is 0 Å². The van der Waals surface area contributed by atoms with Crippen LogP contribution in [0.3, 0.4) is 0 Å². The van der Waals surface area contributed by atoms with E-state index < -0.39 is 11.9 Å². The van der Waals surface area contributed by atoms with Crippen LogP contribution in [-0.4, -0.2) is 51.5 Å². The molecule has 1 saturated carbocycles. The first-order chi connectivity index (χ1) is 17.7. The second-order valence-electron chi connectivity index (χ2n) is 8.40. The van der Waals surface area contributed by atoms with E-state index in [0.29, 0.717) is 11.5 Å². The molecule has 0 unspecified atom stereocenters. The summed E-state index contributed by atoms with van der Waals surface area (Å²) in [5.74, 6) is -0.672. The van der Waals surface area contributed by atoms with E-state index in [0.717, 1.165) is 36.9 Å². The lowest BCUT2D eigenvalue weighted by atomic mass is 9.91. The quantitative estimate of drug-likeness (QED) is 0.332. The number of benzene rings is 1. The van der Waals surface area contributed by atoms with Crippen LogP contribution in [0.2, 0.25) is 10.2 Å². The Hall–Kier alpha value is -3.54. The minimum absolute atomic E-state index is 0.0384. The summed E-state index contributed by atoms with van der Waals surface area (Å²) in [4.78, 5) is 22.6. The smallest absolute Gasteiger partial charge is 0.360 e. The fourth-order valence-electron chi connectivity index (χ4n) is 3.64. The number of ether oxygens (including phenoxy) is 1. The second-order valence-corrected chi connectivity index (χ2v) is 9.20. The third-order valence-corrected chi connectivity index (χ3v) is 6.08. The van der Waals surface area contributed by atoms with Crippen molar-refractivity contribution >= 4 is 52.3 Å². The number of halogens is 2. The molecule has 0 aliphatic heterocycles. The number of rotatable bonds is 6. The average molecular weight is 547 g/mol. The number of methoxy groups -OCH3 is 1. The van der Waals surface area contributed by atoms with Gasteiger partial charge in [0.05, 0.1) is 17.8 Å². The molecule has 0 spiro atoms. The van der Waals surface area contributed by atoms with Gasteiger partial charge in [-0.05, 0) is 38.0 Å². The van der Waals surface area contributed by atoms with Crippen molar-refractivity contribution in [2.24, 2.45) is 11.5 Å². The highest BCUT2D eigenvalue weighted by molar-refractivity contribution is 6.35. The lowest BCUT2D eigenvalue weighted by Crippen LogP contribution is -2.42. The van der Waals surface area contributed by atoms with Gasteiger partial charge < -0.3 is 26.8 Å². The minimum atomic E-state index is -0.635. The van der Waals surface area contributed by atoms with Gasteiger partial charge >= 0.3 is 5.97 Å². The Labute approximate surface area is 224 Å². The van der Waals surface area contributed by atoms with E-state index in [1.54, 1.807) is 6.07 Å². The van der Waals surface area contributed by atoms with Crippen molar-refractivity contribution < 1.29 is 14.3 Å². The Bertz CT molecular complexity index is 1240. The summed E-state index contributed by atoms with van der Waals surface area (Å²) in [6.45, 7) is 2.02. The number of amides is 1. The molecule has 13 heteroatoms. The molecule has 6 N–H and O–H groups in total. The van der Waals surface area contributed by atoms with Crippen molar-refractivity contribution in [1.82, 2.24) is 20.4 Å². The molecule has 1 aromatic carbocycles. The van der Waals surface area contributed by atoms with Crippen LogP contribution in [0.15, 0.2) is 36.4 Å². The van der Waals surface area contributed by atoms with Gasteiger partial charge in [-0.3, -0.25) is 4.79 Å². The molecule has 1 aliphatic rings. The number of primary amides is 1. The number of anilines is 3. The maximum Gasteiger partial charge on any atom is 0.360 e. The number of esters is 1. The first-order valence-electron chi connectivity index (χ1n) is 11.5. The highest BCUT2D eigenvalue weighted by Gasteiger charge is 2.23. The van der Waals surface area contributed by atoms with Gasteiger partial charge in [0, 0.05) is 23.8 Å². The molecule has 4 rings (SSSR count). The summed E-state index contributed by atoms with van der Waals surface area (Å²) in [6, 6.07) is 11.2. The van der Waals surface area contributed by atoms with Crippen LogP contribution in [0.1, 0.15) is 52.2 Å². The van der Waals surface area contributed by atoms with Crippen LogP contribution in [0, 0.1) is 6.92 Å². The summed E-state index contributed by atoms with van der Waals surface area (Å²) in [7, 11) is 1.23. The lowest BCUT2D eigenvalue weighted by Gasteiger charge is -2.29. The molecule has 2 aromatic heterocycles. The van der Waals surface area contributed by atoms with Crippen molar-refractivity contribution in [2.75, 3.05) is 17.7 Å². The molecule has 1 amide bonds. The molecule has 0 radical (unpaired) electrons. The Morgan fingerprint density at radius 3 is 2.30 bits per heavy atom. The minimum Gasteiger partial charge on any atom is -0.464 e. The number of hydrogen-bond donors (Lipinski definition) is 4. The third kappa shape index (κ3) is 7.97. The average Bonchev–Trinajstić information content (AvgIpc) is 2.87. The van der Waals surface area contributed by atoms with Crippen molar-refractivity contribution in [1.29, 1.82) is 0 Å². The molecule has 0 saturated heterocycles. The third-order valence-electron chi connectivity index (χ3n) is 5.61. The highest BCUT2D eigenvalue weighted by Crippen LogP contribution is 2.25. The van der Waals surface area contributed by atoms with Crippen molar-refractivity contribution in [3.8, 4) is 0 Å². The number of nitrogens with two attached hydrogens (primary N) is 2. The summed E-state index contributed by atoms with van der Waals surface area (Å²) < 4.78 is 4.39. The van der Waals surface area contributed by atoms with Gasteiger partial charge in [-0.15, -0.1) is 20.4 Å². The van der Waals surface area contributed by atoms with Gasteiger partial charge in [-0.25, -0.2) is 4.79 Å². The predicted octanol–water partition coefficient (Wildman–Crippen LogP) is 3.88. The molecule has 2 atom stereocenters. The number of carbonyl (C=O) groups excluding carboxylic acids is 2. The molecule has 196 valence electrons. The number of nitrogens with zero attached hydrogens (tertiary/aromatic N) is 4. The number of aryl methyl sites for hydroxylation is 1. The fraction of sp³-hybridized carbons (Fsp3) is 0.333. The maximum absolute atomic E-state index is 11.7. The number of hydrogen-bond acceptors (Lipinski definition) is 10. The molecule has 11 nitrogen and oxygen atoms in total. The normalized spacial score (nSPS) is 16.7. The van der Waals surface area contributed by atoms with Crippen LogP contribution >= 0.6 is 23.2 Å². The van der Waals surface area contributed by atoms with Crippen molar-refractivity contribution in [2.45, 2.75) is 44.7 Å². The van der Waals surface area contributed by atoms with E-state index >= 15 is 0 Å². The van der Waals surface area contributed by atoms with Gasteiger partial charge in [-0.2, -0.15) is 0 Å². The van der Waals surface area contributed by atoms with E-state index in [2.05, 4.69) is 35.8 Å². The SMILES string of the molecule is COC(=O)c1nnc(Cl)cc1Cl.Cc1ccc(Nc2cc(N[C@@H]3CCCC[C@@H]3N)nnc2C(N)=O)cc1. The van der Waals surface area contributed by atoms with E-state index in [9.17, 15) is 9.59 Å². The number of nitrogens with one attached hydrogen (secondary N) is 2. The zero-order valence-corrected chi connectivity index (χ0v) is 21.9. The monoisotopic (exact) mass is 546 g/mol. The van der Waals surface area contributed by atoms with Crippen LogP contribution in [0.4, 0.5) is 17.2 Å². The molecule has 0 bridgehead atoms. The van der Waals surface area contributed by atoms with Crippen LogP contribution in [-0.2, 0) is 4.74 Å². The molecule has 1 fully saturated rings. The van der Waals surface area contributed by atoms with Gasteiger partial charge in [0.25, 0.3) is 5.91 Å². The summed E-state index contributed by atoms with van der Waals surface area (Å²) in [6.07, 6.45) is 4.30. The zero-order valence-electron chi connectivity index (χ0n) is 20.4. The van der Waals surface area contributed by atoms with Crippen molar-refractivity contribution in [3.05, 3.63) is 63.5 Å². The zero-order chi connectivity index (χ0) is 26.9. The van der Waals surface area contributed by atoms with Gasteiger partial charge in [0.2, 0.25) is 0 Å². The highest BCUT2D eigenvalue weighted by atomic mass is 35.5.